The number of nitro benzene ring substituents is 1. The third-order valence-electron chi connectivity index (χ3n) is 4.53. The van der Waals surface area contributed by atoms with Crippen molar-refractivity contribution in [3.8, 4) is 0 Å². The van der Waals surface area contributed by atoms with E-state index in [1.165, 1.54) is 12.5 Å². The Kier molecular flexibility index (Phi) is 4.20. The molecule has 0 unspecified atom stereocenters. The average molecular weight is 312 g/mol. The van der Waals surface area contributed by atoms with Crippen LogP contribution in [0.1, 0.15) is 19.3 Å². The molecule has 114 valence electrons. The molecule has 2 heterocycles. The van der Waals surface area contributed by atoms with Gasteiger partial charge < -0.3 is 17.3 Å². The fourth-order valence-electron chi connectivity index (χ4n) is 3.40. The molecule has 1 aromatic carbocycles. The highest BCUT2D eigenvalue weighted by Gasteiger charge is 2.43. The number of hydrogen-bond donors (Lipinski definition) is 0. The zero-order chi connectivity index (χ0) is 14.3. The minimum absolute atomic E-state index is 0. The van der Waals surface area contributed by atoms with E-state index in [1.807, 2.05) is 6.07 Å². The maximum absolute atomic E-state index is 12.3. The van der Waals surface area contributed by atoms with Crippen molar-refractivity contribution in [2.45, 2.75) is 19.3 Å². The van der Waals surface area contributed by atoms with E-state index in [1.54, 1.807) is 18.0 Å². The number of rotatable bonds is 1. The fourth-order valence-corrected chi connectivity index (χ4v) is 3.40. The van der Waals surface area contributed by atoms with Gasteiger partial charge in [-0.1, -0.05) is 0 Å². The molecule has 1 spiro atoms. The first-order chi connectivity index (χ1) is 9.53. The maximum Gasteiger partial charge on any atom is 0.282 e. The van der Waals surface area contributed by atoms with E-state index in [9.17, 15) is 14.9 Å². The maximum atomic E-state index is 12.3. The molecule has 0 bridgehead atoms. The predicted molar refractivity (Wildman–Crippen MR) is 76.8 cm³/mol. The Balaban J connectivity index is 0.00000161. The highest BCUT2D eigenvalue weighted by Crippen LogP contribution is 2.41. The van der Waals surface area contributed by atoms with Crippen LogP contribution in [0.15, 0.2) is 18.2 Å². The van der Waals surface area contributed by atoms with Crippen LogP contribution in [-0.2, 0) is 4.79 Å². The largest absolute Gasteiger partial charge is 1.00 e. The lowest BCUT2D eigenvalue weighted by Gasteiger charge is -2.45. The molecule has 0 saturated carbocycles. The van der Waals surface area contributed by atoms with E-state index in [0.717, 1.165) is 31.6 Å². The molecule has 0 N–H and O–H groups in total. The van der Waals surface area contributed by atoms with E-state index in [2.05, 4.69) is 0 Å². The Morgan fingerprint density at radius 3 is 2.52 bits per heavy atom. The van der Waals surface area contributed by atoms with Crippen LogP contribution in [0, 0.1) is 10.1 Å². The van der Waals surface area contributed by atoms with Crippen LogP contribution in [0.2, 0.25) is 0 Å². The number of carbonyl (C=O) groups is 1. The van der Waals surface area contributed by atoms with Crippen LogP contribution in [0.3, 0.4) is 0 Å². The minimum atomic E-state index is -0.409. The Morgan fingerprint density at radius 2 is 1.90 bits per heavy atom. The Hall–Kier alpha value is -1.66. The van der Waals surface area contributed by atoms with Gasteiger partial charge in [0.2, 0.25) is 0 Å². The van der Waals surface area contributed by atoms with Crippen LogP contribution in [-0.4, -0.2) is 37.5 Å². The molecule has 2 aliphatic heterocycles. The van der Waals surface area contributed by atoms with Gasteiger partial charge in [0.25, 0.3) is 11.6 Å². The summed E-state index contributed by atoms with van der Waals surface area (Å²) >= 11 is 0. The van der Waals surface area contributed by atoms with Gasteiger partial charge in [0.1, 0.15) is 5.69 Å². The van der Waals surface area contributed by atoms with Crippen LogP contribution in [0.4, 0.5) is 17.1 Å². The van der Waals surface area contributed by atoms with E-state index in [4.69, 9.17) is 0 Å². The molecule has 3 rings (SSSR count). The smallest absolute Gasteiger partial charge is 0.282 e. The molecule has 2 aliphatic rings. The number of anilines is 1. The van der Waals surface area contributed by atoms with Gasteiger partial charge in [0.15, 0.2) is 12.2 Å². The number of quaternary nitrogens is 1. The summed E-state index contributed by atoms with van der Waals surface area (Å²) in [7, 11) is 1.70. The van der Waals surface area contributed by atoms with Gasteiger partial charge >= 0.3 is 0 Å². The molecular weight excluding hydrogens is 294 g/mol. The van der Waals surface area contributed by atoms with Gasteiger partial charge in [-0.3, -0.25) is 19.4 Å². The monoisotopic (exact) mass is 311 g/mol. The number of carbonyl (C=O) groups excluding carboxylic acids is 1. The van der Waals surface area contributed by atoms with E-state index in [-0.39, 0.29) is 24.0 Å². The van der Waals surface area contributed by atoms with E-state index < -0.39 is 4.92 Å². The first kappa shape index (κ1) is 15.7. The normalized spacial score (nSPS) is 19.9. The molecular formula is C14H18ClN3O3. The molecule has 7 heteroatoms. The summed E-state index contributed by atoms with van der Waals surface area (Å²) in [5.74, 6) is 0.0416. The first-order valence-electron chi connectivity index (χ1n) is 6.95. The number of nitrogens with zero attached hydrogens (tertiary/aromatic N) is 3. The van der Waals surface area contributed by atoms with Crippen molar-refractivity contribution in [1.29, 1.82) is 0 Å². The molecule has 1 aromatic rings. The summed E-state index contributed by atoms with van der Waals surface area (Å²) in [5.41, 5.74) is 1.79. The summed E-state index contributed by atoms with van der Waals surface area (Å²) in [6.45, 7) is 2.37. The summed E-state index contributed by atoms with van der Waals surface area (Å²) in [4.78, 5) is 24.3. The number of fused-ring (bicyclic) bond motifs is 2. The summed E-state index contributed by atoms with van der Waals surface area (Å²) < 4.78 is 0.663. The Labute approximate surface area is 129 Å². The van der Waals surface area contributed by atoms with Crippen molar-refractivity contribution >= 4 is 23.0 Å². The Morgan fingerprint density at radius 1 is 1.24 bits per heavy atom. The molecule has 21 heavy (non-hydrogen) atoms. The lowest BCUT2D eigenvalue weighted by atomic mass is 10.0. The quantitative estimate of drug-likeness (QED) is 0.382. The zero-order valence-corrected chi connectivity index (χ0v) is 12.7. The van der Waals surface area contributed by atoms with Crippen LogP contribution in [0.5, 0.6) is 0 Å². The first-order valence-corrected chi connectivity index (χ1v) is 6.95. The van der Waals surface area contributed by atoms with Crippen molar-refractivity contribution in [3.63, 3.8) is 0 Å². The lowest BCUT2D eigenvalue weighted by molar-refractivity contribution is -0.384. The third kappa shape index (κ3) is 2.49. The van der Waals surface area contributed by atoms with Crippen molar-refractivity contribution in [2.24, 2.45) is 0 Å². The minimum Gasteiger partial charge on any atom is -1.00 e. The van der Waals surface area contributed by atoms with Gasteiger partial charge in [-0.2, -0.15) is 0 Å². The second-order valence-electron chi connectivity index (χ2n) is 5.69. The number of halogens is 1. The van der Waals surface area contributed by atoms with Crippen molar-refractivity contribution in [1.82, 2.24) is 4.48 Å². The van der Waals surface area contributed by atoms with Crippen molar-refractivity contribution in [3.05, 3.63) is 28.3 Å². The van der Waals surface area contributed by atoms with Crippen LogP contribution < -0.4 is 21.8 Å². The number of benzene rings is 1. The number of amides is 1. The van der Waals surface area contributed by atoms with Gasteiger partial charge in [-0.15, -0.1) is 0 Å². The zero-order valence-electron chi connectivity index (χ0n) is 11.9. The number of likely N-dealkylation sites (N-methyl/N-ethyl adjacent to an activating group) is 1. The number of piperidine rings is 1. The molecule has 0 aromatic heterocycles. The molecule has 1 saturated heterocycles. The SMILES string of the molecule is CN1C(=O)C[N+]2(CCCCC2)c2ccc([N+](=O)[O-])cc21.[Cl-]. The molecule has 0 atom stereocenters. The summed E-state index contributed by atoms with van der Waals surface area (Å²) in [6, 6.07) is 4.92. The molecule has 6 nitrogen and oxygen atoms in total. The van der Waals surface area contributed by atoms with Crippen molar-refractivity contribution < 1.29 is 22.1 Å². The highest BCUT2D eigenvalue weighted by molar-refractivity contribution is 6.02. The second-order valence-corrected chi connectivity index (χ2v) is 5.69. The molecule has 0 aliphatic carbocycles. The molecule has 0 radical (unpaired) electrons. The van der Waals surface area contributed by atoms with Gasteiger partial charge in [0.05, 0.1) is 18.0 Å². The number of non-ortho nitro benzene ring substituents is 1. The number of nitro groups is 1. The van der Waals surface area contributed by atoms with E-state index in [0.29, 0.717) is 16.7 Å². The topological polar surface area (TPSA) is 63.5 Å². The fraction of sp³-hybridized carbons (Fsp3) is 0.500. The average Bonchev–Trinajstić information content (AvgIpc) is 2.45. The number of hydrogen-bond acceptors (Lipinski definition) is 3. The van der Waals surface area contributed by atoms with Gasteiger partial charge in [-0.05, 0) is 19.3 Å². The van der Waals surface area contributed by atoms with E-state index >= 15 is 0 Å². The summed E-state index contributed by atoms with van der Waals surface area (Å²) in [6.07, 6.45) is 3.41. The Bertz CT molecular complexity index is 585. The third-order valence-corrected chi connectivity index (χ3v) is 4.53. The predicted octanol–water partition coefficient (Wildman–Crippen LogP) is -0.934. The second kappa shape index (κ2) is 5.61. The highest BCUT2D eigenvalue weighted by atomic mass is 35.5. The summed E-state index contributed by atoms with van der Waals surface area (Å²) in [5, 5.41) is 10.9. The van der Waals surface area contributed by atoms with Crippen molar-refractivity contribution in [2.75, 3.05) is 31.6 Å². The van der Waals surface area contributed by atoms with Crippen LogP contribution in [0.25, 0.3) is 0 Å². The molecule has 1 fully saturated rings. The lowest BCUT2D eigenvalue weighted by Crippen LogP contribution is -3.00. The van der Waals surface area contributed by atoms with Crippen LogP contribution >= 0.6 is 0 Å². The van der Waals surface area contributed by atoms with Gasteiger partial charge in [0, 0.05) is 25.2 Å². The molecule has 1 amide bonds. The standard InChI is InChI=1S/C14H18N3O3.ClH/c1-15-12-9-11(16(19)20)5-6-13(12)17(10-14(15)18)7-3-2-4-8-17;/h5-6,9H,2-4,7-8,10H2,1H3;1H/q+1;/p-1. The van der Waals surface area contributed by atoms with Gasteiger partial charge in [-0.25, -0.2) is 0 Å².